The van der Waals surface area contributed by atoms with Crippen molar-refractivity contribution in [2.24, 2.45) is 0 Å². The van der Waals surface area contributed by atoms with Crippen LogP contribution in [0.2, 0.25) is 5.02 Å². The summed E-state index contributed by atoms with van der Waals surface area (Å²) in [7, 11) is 3.19. The Bertz CT molecular complexity index is 968. The van der Waals surface area contributed by atoms with Crippen LogP contribution in [-0.2, 0) is 11.3 Å². The number of hydrogen-bond acceptors (Lipinski definition) is 5. The summed E-state index contributed by atoms with van der Waals surface area (Å²) in [5.74, 6) is 0.864. The summed E-state index contributed by atoms with van der Waals surface area (Å²) >= 11 is 6.12. The number of amides is 1. The van der Waals surface area contributed by atoms with E-state index in [4.69, 9.17) is 21.1 Å². The van der Waals surface area contributed by atoms with Gasteiger partial charge >= 0.3 is 0 Å². The molecule has 0 bridgehead atoms. The molecule has 0 aliphatic carbocycles. The first-order chi connectivity index (χ1) is 14.0. The molecule has 2 unspecified atom stereocenters. The quantitative estimate of drug-likeness (QED) is 0.805. The molecular weight excluding hydrogens is 397 g/mol. The molecule has 2 heterocycles. The van der Waals surface area contributed by atoms with Gasteiger partial charge in [0.05, 0.1) is 26.8 Å². The van der Waals surface area contributed by atoms with Crippen molar-refractivity contribution in [3.63, 3.8) is 0 Å². The van der Waals surface area contributed by atoms with Crippen LogP contribution in [0.5, 0.6) is 11.5 Å². The molecular formula is C21H21ClFN3O3. The molecule has 1 amide bonds. The number of nitrogens with zero attached hydrogens (tertiary/aromatic N) is 2. The van der Waals surface area contributed by atoms with E-state index in [2.05, 4.69) is 5.43 Å². The van der Waals surface area contributed by atoms with Crippen molar-refractivity contribution >= 4 is 17.5 Å². The molecule has 29 heavy (non-hydrogen) atoms. The molecule has 2 atom stereocenters. The summed E-state index contributed by atoms with van der Waals surface area (Å²) in [5, 5.41) is 2.13. The first-order valence-electron chi connectivity index (χ1n) is 9.19. The fraction of sp³-hybridized carbons (Fsp3) is 0.286. The highest BCUT2D eigenvalue weighted by Gasteiger charge is 2.40. The molecule has 6 nitrogen and oxygen atoms in total. The first kappa shape index (κ1) is 19.5. The van der Waals surface area contributed by atoms with Gasteiger partial charge < -0.3 is 19.4 Å². The van der Waals surface area contributed by atoms with Crippen LogP contribution in [-0.4, -0.2) is 36.1 Å². The van der Waals surface area contributed by atoms with Crippen molar-refractivity contribution in [2.45, 2.75) is 25.0 Å². The predicted octanol–water partition coefficient (Wildman–Crippen LogP) is 3.63. The third-order valence-corrected chi connectivity index (χ3v) is 5.59. The number of halogens is 2. The second kappa shape index (κ2) is 7.93. The van der Waals surface area contributed by atoms with Crippen LogP contribution in [0.3, 0.4) is 0 Å². The Morgan fingerprint density at radius 2 is 1.93 bits per heavy atom. The Balaban J connectivity index is 1.50. The van der Waals surface area contributed by atoms with E-state index in [1.165, 1.54) is 12.1 Å². The summed E-state index contributed by atoms with van der Waals surface area (Å²) < 4.78 is 23.9. The highest BCUT2D eigenvalue weighted by Crippen LogP contribution is 2.36. The van der Waals surface area contributed by atoms with E-state index in [1.54, 1.807) is 31.4 Å². The molecule has 0 aromatic heterocycles. The van der Waals surface area contributed by atoms with E-state index in [1.807, 2.05) is 29.4 Å². The number of nitrogens with one attached hydrogen (secondary N) is 1. The number of carbonyl (C=O) groups is 1. The van der Waals surface area contributed by atoms with Gasteiger partial charge in [0, 0.05) is 17.4 Å². The third kappa shape index (κ3) is 3.75. The van der Waals surface area contributed by atoms with Gasteiger partial charge in [-0.3, -0.25) is 4.79 Å². The summed E-state index contributed by atoms with van der Waals surface area (Å²) in [6.45, 7) is 0.291. The molecule has 2 aromatic rings. The molecule has 1 saturated heterocycles. The van der Waals surface area contributed by atoms with Crippen molar-refractivity contribution in [2.75, 3.05) is 14.2 Å². The van der Waals surface area contributed by atoms with Gasteiger partial charge in [0.1, 0.15) is 11.9 Å². The molecule has 4 rings (SSSR count). The Labute approximate surface area is 173 Å². The van der Waals surface area contributed by atoms with Gasteiger partial charge in [0.25, 0.3) is 5.91 Å². The zero-order valence-corrected chi connectivity index (χ0v) is 16.8. The number of methoxy groups -OCH3 is 2. The van der Waals surface area contributed by atoms with Crippen LogP contribution in [0.25, 0.3) is 0 Å². The number of hydrazine groups is 1. The van der Waals surface area contributed by atoms with Crippen molar-refractivity contribution in [1.29, 1.82) is 0 Å². The van der Waals surface area contributed by atoms with Gasteiger partial charge in [-0.1, -0.05) is 23.7 Å². The number of fused-ring (bicyclic) bond motifs is 1. The predicted molar refractivity (Wildman–Crippen MR) is 107 cm³/mol. The number of rotatable bonds is 5. The maximum Gasteiger partial charge on any atom is 0.251 e. The van der Waals surface area contributed by atoms with E-state index in [0.717, 1.165) is 5.56 Å². The Morgan fingerprint density at radius 3 is 2.66 bits per heavy atom. The van der Waals surface area contributed by atoms with Gasteiger partial charge in [-0.25, -0.2) is 9.82 Å². The first-order valence-corrected chi connectivity index (χ1v) is 9.57. The van der Waals surface area contributed by atoms with Crippen LogP contribution in [0.4, 0.5) is 4.39 Å². The summed E-state index contributed by atoms with van der Waals surface area (Å²) in [6, 6.07) is 9.56. The average molecular weight is 418 g/mol. The third-order valence-electron chi connectivity index (χ3n) is 5.24. The number of ether oxygens (including phenoxy) is 2. The fourth-order valence-electron chi connectivity index (χ4n) is 3.69. The average Bonchev–Trinajstić information content (AvgIpc) is 3.16. The topological polar surface area (TPSA) is 54.0 Å². The van der Waals surface area contributed by atoms with Crippen LogP contribution < -0.4 is 14.9 Å². The Morgan fingerprint density at radius 1 is 1.14 bits per heavy atom. The number of benzene rings is 2. The lowest BCUT2D eigenvalue weighted by Gasteiger charge is -2.32. The second-order valence-electron chi connectivity index (χ2n) is 6.95. The molecule has 0 spiro atoms. The molecule has 2 aliphatic rings. The lowest BCUT2D eigenvalue weighted by atomic mass is 10.00. The molecule has 2 aliphatic heterocycles. The number of carbonyl (C=O) groups excluding carboxylic acids is 1. The van der Waals surface area contributed by atoms with E-state index >= 15 is 0 Å². The molecule has 8 heteroatoms. The van der Waals surface area contributed by atoms with Gasteiger partial charge in [-0.15, -0.1) is 0 Å². The largest absolute Gasteiger partial charge is 0.493 e. The van der Waals surface area contributed by atoms with Crippen LogP contribution >= 0.6 is 11.6 Å². The zero-order chi connectivity index (χ0) is 20.5. The van der Waals surface area contributed by atoms with Crippen molar-refractivity contribution in [3.05, 3.63) is 70.8 Å². The van der Waals surface area contributed by atoms with Gasteiger partial charge in [0.15, 0.2) is 11.5 Å². The van der Waals surface area contributed by atoms with E-state index in [-0.39, 0.29) is 18.0 Å². The number of hydrogen-bond donors (Lipinski definition) is 1. The minimum atomic E-state index is -0.400. The standard InChI is InChI=1S/C21H21ClFN3O3/c1-28-19-6-4-13(9-20(19)29-2)17-11-18-21(27)25(7-8-26(18)24-17)12-14-3-5-15(23)10-16(14)22/h3-10,17-18,24H,11-12H2,1-2H3. The molecule has 152 valence electrons. The van der Waals surface area contributed by atoms with Crippen molar-refractivity contribution in [3.8, 4) is 11.5 Å². The SMILES string of the molecule is COc1ccc(C2CC3C(=O)N(Cc4ccc(F)cc4Cl)C=CN3N2)cc1OC. The lowest BCUT2D eigenvalue weighted by Crippen LogP contribution is -2.47. The molecule has 1 N–H and O–H groups in total. The van der Waals surface area contributed by atoms with Gasteiger partial charge in [-0.2, -0.15) is 0 Å². The Hall–Kier alpha value is -2.77. The van der Waals surface area contributed by atoms with E-state index in [9.17, 15) is 9.18 Å². The molecule has 0 saturated carbocycles. The molecule has 0 radical (unpaired) electrons. The highest BCUT2D eigenvalue weighted by molar-refractivity contribution is 6.31. The van der Waals surface area contributed by atoms with E-state index < -0.39 is 5.82 Å². The van der Waals surface area contributed by atoms with Crippen LogP contribution in [0, 0.1) is 5.82 Å². The van der Waals surface area contributed by atoms with Crippen LogP contribution in [0.1, 0.15) is 23.6 Å². The second-order valence-corrected chi connectivity index (χ2v) is 7.36. The van der Waals surface area contributed by atoms with E-state index in [0.29, 0.717) is 35.1 Å². The van der Waals surface area contributed by atoms with Gasteiger partial charge in [-0.05, 0) is 41.8 Å². The lowest BCUT2D eigenvalue weighted by molar-refractivity contribution is -0.134. The normalized spacial score (nSPS) is 20.8. The van der Waals surface area contributed by atoms with Crippen LogP contribution in [0.15, 0.2) is 48.8 Å². The van der Waals surface area contributed by atoms with Gasteiger partial charge in [0.2, 0.25) is 0 Å². The summed E-state index contributed by atoms with van der Waals surface area (Å²) in [4.78, 5) is 14.6. The zero-order valence-electron chi connectivity index (χ0n) is 16.1. The monoisotopic (exact) mass is 417 g/mol. The minimum Gasteiger partial charge on any atom is -0.493 e. The Kier molecular flexibility index (Phi) is 5.34. The molecule has 2 aromatic carbocycles. The van der Waals surface area contributed by atoms with Crippen molar-refractivity contribution in [1.82, 2.24) is 15.3 Å². The maximum absolute atomic E-state index is 13.3. The highest BCUT2D eigenvalue weighted by atomic mass is 35.5. The molecule has 1 fully saturated rings. The smallest absolute Gasteiger partial charge is 0.251 e. The minimum absolute atomic E-state index is 0.0385. The fourth-order valence-corrected chi connectivity index (χ4v) is 3.91. The summed E-state index contributed by atoms with van der Waals surface area (Å²) in [5.41, 5.74) is 5.06. The maximum atomic E-state index is 13.3. The van der Waals surface area contributed by atoms with Crippen molar-refractivity contribution < 1.29 is 18.7 Å². The summed E-state index contributed by atoms with van der Waals surface area (Å²) in [6.07, 6.45) is 4.15.